The summed E-state index contributed by atoms with van der Waals surface area (Å²) in [6.45, 7) is 11.0. The van der Waals surface area contributed by atoms with Crippen molar-refractivity contribution in [3.63, 3.8) is 0 Å². The fourth-order valence-electron chi connectivity index (χ4n) is 3.96. The minimum Gasteiger partial charge on any atom is -0.494 e. The molecule has 0 aliphatic heterocycles. The molecule has 0 saturated carbocycles. The normalized spacial score (nSPS) is 13.5. The Balaban J connectivity index is 1.80. The lowest BCUT2D eigenvalue weighted by Gasteiger charge is -2.10. The summed E-state index contributed by atoms with van der Waals surface area (Å²) in [4.78, 5) is 13.6. The van der Waals surface area contributed by atoms with Crippen molar-refractivity contribution in [1.29, 1.82) is 0 Å². The molecule has 1 heterocycles. The van der Waals surface area contributed by atoms with E-state index in [1.54, 1.807) is 0 Å². The van der Waals surface area contributed by atoms with Crippen molar-refractivity contribution >= 4 is 21.1 Å². The van der Waals surface area contributed by atoms with E-state index in [-0.39, 0.29) is 8.81 Å². The van der Waals surface area contributed by atoms with Gasteiger partial charge < -0.3 is 15.4 Å². The van der Waals surface area contributed by atoms with Crippen molar-refractivity contribution in [2.45, 2.75) is 46.5 Å². The van der Waals surface area contributed by atoms with Crippen molar-refractivity contribution in [3.05, 3.63) is 91.9 Å². The van der Waals surface area contributed by atoms with Gasteiger partial charge in [-0.1, -0.05) is 36.4 Å². The van der Waals surface area contributed by atoms with E-state index in [1.807, 2.05) is 13.1 Å². The standard InChI is InChI=1S/C28H35N2O2P/c1-19-7-12-26(21(3)15-19)27-17-23(18-30-28(27)22(4)29)8-9-24-10-11-25(16-20(24)2)32-13-5-6-14-33-31/h7,10-12,15-18,31,33H,3,5-6,8-9,13-14,29H2,1-2,4H3/b27-26-,28-22-. The zero-order chi connectivity index (χ0) is 23.8. The molecule has 1 aromatic heterocycles. The van der Waals surface area contributed by atoms with Crippen LogP contribution in [-0.2, 0) is 12.8 Å². The maximum Gasteiger partial charge on any atom is 0.119 e. The van der Waals surface area contributed by atoms with Crippen LogP contribution in [0, 0.1) is 24.3 Å². The van der Waals surface area contributed by atoms with Gasteiger partial charge in [0.1, 0.15) is 5.75 Å². The largest absolute Gasteiger partial charge is 0.494 e. The Morgan fingerprint density at radius 3 is 2.58 bits per heavy atom. The highest BCUT2D eigenvalue weighted by atomic mass is 31.1. The van der Waals surface area contributed by atoms with Crippen molar-refractivity contribution in [3.8, 4) is 5.75 Å². The fraction of sp³-hybridized carbons (Fsp3) is 0.321. The van der Waals surface area contributed by atoms with Gasteiger partial charge in [-0.05, 0) is 97.9 Å². The van der Waals surface area contributed by atoms with Gasteiger partial charge in [0.15, 0.2) is 0 Å². The molecule has 3 aromatic rings. The molecule has 1 unspecified atom stereocenters. The molecule has 3 N–H and O–H groups in total. The number of aryl methyl sites for hydroxylation is 4. The summed E-state index contributed by atoms with van der Waals surface area (Å²) in [5.74, 6) is 0.910. The first-order valence-corrected chi connectivity index (χ1v) is 12.6. The van der Waals surface area contributed by atoms with E-state index in [1.165, 1.54) is 22.3 Å². The van der Waals surface area contributed by atoms with Gasteiger partial charge in [0.2, 0.25) is 0 Å². The first kappa shape index (κ1) is 25.0. The summed E-state index contributed by atoms with van der Waals surface area (Å²) in [6, 6.07) is 14.8. The summed E-state index contributed by atoms with van der Waals surface area (Å²) >= 11 is 0. The molecule has 2 aromatic carbocycles. The summed E-state index contributed by atoms with van der Waals surface area (Å²) in [5, 5.41) is 3.93. The van der Waals surface area contributed by atoms with Gasteiger partial charge in [0.05, 0.1) is 12.0 Å². The molecule has 0 spiro atoms. The van der Waals surface area contributed by atoms with Gasteiger partial charge in [-0.25, -0.2) is 0 Å². The first-order chi connectivity index (χ1) is 15.9. The number of aromatic nitrogens is 1. The molecule has 0 bridgehead atoms. The molecule has 0 amide bonds. The number of pyridine rings is 1. The molecule has 3 rings (SSSR count). The second-order valence-electron chi connectivity index (χ2n) is 8.64. The quantitative estimate of drug-likeness (QED) is 0.372. The average Bonchev–Trinajstić information content (AvgIpc) is 2.78. The van der Waals surface area contributed by atoms with Gasteiger partial charge in [0, 0.05) is 25.9 Å². The second kappa shape index (κ2) is 12.0. The van der Waals surface area contributed by atoms with Gasteiger partial charge in [-0.15, -0.1) is 0 Å². The Kier molecular flexibility index (Phi) is 9.05. The van der Waals surface area contributed by atoms with Crippen LogP contribution in [-0.4, -0.2) is 22.6 Å². The highest BCUT2D eigenvalue weighted by Gasteiger charge is 2.04. The summed E-state index contributed by atoms with van der Waals surface area (Å²) in [7, 11) is 0.0362. The third-order valence-corrected chi connectivity index (χ3v) is 6.39. The zero-order valence-electron chi connectivity index (χ0n) is 19.9. The van der Waals surface area contributed by atoms with Crippen molar-refractivity contribution < 1.29 is 9.63 Å². The lowest BCUT2D eigenvalue weighted by atomic mass is 10.0. The smallest absolute Gasteiger partial charge is 0.119 e. The lowest BCUT2D eigenvalue weighted by Crippen LogP contribution is -2.19. The summed E-state index contributed by atoms with van der Waals surface area (Å²) in [5.41, 5.74) is 11.8. The monoisotopic (exact) mass is 462 g/mol. The molecule has 0 saturated heterocycles. The first-order valence-electron chi connectivity index (χ1n) is 11.5. The molecule has 1 atom stereocenters. The number of hydrogen-bond acceptors (Lipinski definition) is 4. The van der Waals surface area contributed by atoms with E-state index < -0.39 is 0 Å². The lowest BCUT2D eigenvalue weighted by molar-refractivity contribution is 0.309. The maximum atomic E-state index is 8.89. The SMILES string of the molecule is C=c1cc(C)cc/c1=c1\cc(CCc2ccc(OCCCCPO)cc2C)cn\c1=C(\C)N. The van der Waals surface area contributed by atoms with Crippen LogP contribution in [0.2, 0.25) is 0 Å². The van der Waals surface area contributed by atoms with Crippen LogP contribution in [0.1, 0.15) is 42.0 Å². The van der Waals surface area contributed by atoms with Crippen LogP contribution in [0.15, 0.2) is 48.7 Å². The van der Waals surface area contributed by atoms with Crippen molar-refractivity contribution in [2.24, 2.45) is 5.73 Å². The van der Waals surface area contributed by atoms with Crippen LogP contribution >= 0.6 is 8.81 Å². The van der Waals surface area contributed by atoms with Crippen LogP contribution in [0.4, 0.5) is 0 Å². The Morgan fingerprint density at radius 2 is 1.88 bits per heavy atom. The summed E-state index contributed by atoms with van der Waals surface area (Å²) < 4.78 is 5.86. The Morgan fingerprint density at radius 1 is 1.06 bits per heavy atom. The van der Waals surface area contributed by atoms with E-state index in [0.29, 0.717) is 12.3 Å². The predicted octanol–water partition coefficient (Wildman–Crippen LogP) is 4.01. The Labute approximate surface area is 198 Å². The minimum atomic E-state index is 0.0362. The zero-order valence-corrected chi connectivity index (χ0v) is 20.9. The number of rotatable bonds is 9. The van der Waals surface area contributed by atoms with Crippen LogP contribution in [0.25, 0.3) is 12.3 Å². The van der Waals surface area contributed by atoms with E-state index in [2.05, 4.69) is 62.9 Å². The number of hydrogen-bond donors (Lipinski definition) is 2. The van der Waals surface area contributed by atoms with E-state index in [0.717, 1.165) is 58.6 Å². The van der Waals surface area contributed by atoms with Crippen LogP contribution in [0.5, 0.6) is 5.75 Å². The minimum absolute atomic E-state index is 0.0362. The molecule has 5 heteroatoms. The van der Waals surface area contributed by atoms with Crippen LogP contribution in [0.3, 0.4) is 0 Å². The predicted molar refractivity (Wildman–Crippen MR) is 140 cm³/mol. The van der Waals surface area contributed by atoms with Gasteiger partial charge in [0.25, 0.3) is 0 Å². The molecule has 0 aliphatic rings. The van der Waals surface area contributed by atoms with Crippen molar-refractivity contribution in [2.75, 3.05) is 12.8 Å². The number of ether oxygens (including phenoxy) is 1. The Hall–Kier alpha value is -2.68. The average molecular weight is 463 g/mol. The van der Waals surface area contributed by atoms with Gasteiger partial charge in [-0.3, -0.25) is 4.98 Å². The molecule has 33 heavy (non-hydrogen) atoms. The highest BCUT2D eigenvalue weighted by Crippen LogP contribution is 2.19. The molecule has 0 fully saturated rings. The summed E-state index contributed by atoms with van der Waals surface area (Å²) in [6.07, 6.45) is 6.59. The van der Waals surface area contributed by atoms with Crippen molar-refractivity contribution in [1.82, 2.24) is 4.98 Å². The van der Waals surface area contributed by atoms with E-state index >= 15 is 0 Å². The van der Waals surface area contributed by atoms with E-state index in [9.17, 15) is 0 Å². The van der Waals surface area contributed by atoms with Crippen LogP contribution < -0.4 is 21.0 Å². The Bertz CT molecular complexity index is 1300. The maximum absolute atomic E-state index is 8.89. The fourth-order valence-corrected chi connectivity index (χ4v) is 4.37. The molecule has 0 aliphatic carbocycles. The van der Waals surface area contributed by atoms with E-state index in [4.69, 9.17) is 20.3 Å². The molecular formula is C28H35N2O2P. The molecule has 174 valence electrons. The number of unbranched alkanes of at least 4 members (excludes halogenated alkanes) is 1. The number of benzene rings is 2. The topological polar surface area (TPSA) is 68.4 Å². The van der Waals surface area contributed by atoms with Gasteiger partial charge in [-0.2, -0.15) is 0 Å². The second-order valence-corrected chi connectivity index (χ2v) is 9.45. The molecule has 4 nitrogen and oxygen atoms in total. The number of nitrogens with two attached hydrogens (primary N) is 1. The third kappa shape index (κ3) is 6.90. The molecular weight excluding hydrogens is 427 g/mol. The highest BCUT2D eigenvalue weighted by molar-refractivity contribution is 7.31. The van der Waals surface area contributed by atoms with Gasteiger partial charge >= 0.3 is 0 Å². The molecule has 0 radical (unpaired) electrons. The number of nitrogens with zero attached hydrogens (tertiary/aromatic N) is 1. The third-order valence-electron chi connectivity index (χ3n) is 5.82.